The standard InChI is InChI=1S/C15H17BrClNS/c1-9-6-13(11(3)19-9)10(2)18-8-12-4-5-15(17)14(16)7-12/h4-7,10,18H,8H2,1-3H3. The van der Waals surface area contributed by atoms with Crippen molar-refractivity contribution < 1.29 is 0 Å². The zero-order valence-corrected chi connectivity index (χ0v) is 14.4. The average molecular weight is 359 g/mol. The molecule has 1 heterocycles. The van der Waals surface area contributed by atoms with Crippen molar-refractivity contribution in [2.45, 2.75) is 33.4 Å². The molecular formula is C15H17BrClNS. The maximum Gasteiger partial charge on any atom is 0.0548 e. The molecule has 0 amide bonds. The summed E-state index contributed by atoms with van der Waals surface area (Å²) in [5.74, 6) is 0. The van der Waals surface area contributed by atoms with Crippen LogP contribution in [0.1, 0.15) is 33.8 Å². The van der Waals surface area contributed by atoms with Crippen molar-refractivity contribution in [3.8, 4) is 0 Å². The van der Waals surface area contributed by atoms with Gasteiger partial charge in [-0.05, 0) is 66.0 Å². The molecule has 102 valence electrons. The fourth-order valence-electron chi connectivity index (χ4n) is 2.11. The number of halogens is 2. The first-order chi connectivity index (χ1) is 8.97. The van der Waals surface area contributed by atoms with Gasteiger partial charge in [0.15, 0.2) is 0 Å². The molecule has 0 aliphatic rings. The molecule has 4 heteroatoms. The van der Waals surface area contributed by atoms with E-state index in [1.807, 2.05) is 17.4 Å². The molecule has 0 saturated heterocycles. The quantitative estimate of drug-likeness (QED) is 0.746. The Morgan fingerprint density at radius 3 is 2.63 bits per heavy atom. The lowest BCUT2D eigenvalue weighted by Gasteiger charge is -2.14. The summed E-state index contributed by atoms with van der Waals surface area (Å²) in [5.41, 5.74) is 2.63. The molecule has 0 fully saturated rings. The van der Waals surface area contributed by atoms with Crippen molar-refractivity contribution in [2.24, 2.45) is 0 Å². The van der Waals surface area contributed by atoms with Gasteiger partial charge in [0.1, 0.15) is 0 Å². The van der Waals surface area contributed by atoms with Gasteiger partial charge in [0, 0.05) is 26.8 Å². The highest BCUT2D eigenvalue weighted by atomic mass is 79.9. The SMILES string of the molecule is Cc1cc(C(C)NCc2ccc(Cl)c(Br)c2)c(C)s1. The number of nitrogens with one attached hydrogen (secondary N) is 1. The van der Waals surface area contributed by atoms with E-state index in [9.17, 15) is 0 Å². The van der Waals surface area contributed by atoms with Gasteiger partial charge in [-0.15, -0.1) is 11.3 Å². The molecule has 1 N–H and O–H groups in total. The third-order valence-corrected chi connectivity index (χ3v) is 5.34. The van der Waals surface area contributed by atoms with E-state index in [4.69, 9.17) is 11.6 Å². The van der Waals surface area contributed by atoms with Crippen LogP contribution in [0.4, 0.5) is 0 Å². The predicted molar refractivity (Wildman–Crippen MR) is 88.2 cm³/mol. The topological polar surface area (TPSA) is 12.0 Å². The molecule has 1 atom stereocenters. The van der Waals surface area contributed by atoms with Crippen LogP contribution in [-0.2, 0) is 6.54 Å². The molecule has 0 aliphatic heterocycles. The fourth-order valence-corrected chi connectivity index (χ4v) is 3.68. The minimum Gasteiger partial charge on any atom is -0.306 e. The number of aryl methyl sites for hydroxylation is 2. The Morgan fingerprint density at radius 2 is 2.05 bits per heavy atom. The Hall–Kier alpha value is -0.350. The van der Waals surface area contributed by atoms with Crippen molar-refractivity contribution in [1.82, 2.24) is 5.32 Å². The minimum absolute atomic E-state index is 0.361. The average Bonchev–Trinajstić information content (AvgIpc) is 2.70. The molecule has 0 bridgehead atoms. The van der Waals surface area contributed by atoms with Crippen LogP contribution in [0.5, 0.6) is 0 Å². The summed E-state index contributed by atoms with van der Waals surface area (Å²) < 4.78 is 0.948. The normalized spacial score (nSPS) is 12.7. The zero-order valence-electron chi connectivity index (χ0n) is 11.3. The molecular weight excluding hydrogens is 342 g/mol. The van der Waals surface area contributed by atoms with Crippen LogP contribution in [-0.4, -0.2) is 0 Å². The monoisotopic (exact) mass is 357 g/mol. The van der Waals surface area contributed by atoms with Crippen LogP contribution < -0.4 is 5.32 Å². The Bertz CT molecular complexity index is 580. The second-order valence-corrected chi connectivity index (χ2v) is 7.44. The van der Waals surface area contributed by atoms with E-state index < -0.39 is 0 Å². The van der Waals surface area contributed by atoms with Crippen molar-refractivity contribution >= 4 is 38.9 Å². The van der Waals surface area contributed by atoms with Gasteiger partial charge in [0.05, 0.1) is 5.02 Å². The van der Waals surface area contributed by atoms with Crippen molar-refractivity contribution in [3.63, 3.8) is 0 Å². The summed E-state index contributed by atoms with van der Waals surface area (Å²) >= 11 is 11.3. The summed E-state index contributed by atoms with van der Waals surface area (Å²) in [4.78, 5) is 2.77. The maximum absolute atomic E-state index is 6.00. The lowest BCUT2D eigenvalue weighted by Crippen LogP contribution is -2.18. The highest BCUT2D eigenvalue weighted by Gasteiger charge is 2.10. The van der Waals surface area contributed by atoms with E-state index in [0.717, 1.165) is 16.0 Å². The summed E-state index contributed by atoms with van der Waals surface area (Å²) in [6.45, 7) is 7.39. The number of thiophene rings is 1. The Kier molecular flexibility index (Phi) is 5.07. The molecule has 1 aromatic carbocycles. The van der Waals surface area contributed by atoms with Crippen LogP contribution in [0.3, 0.4) is 0 Å². The first-order valence-corrected chi connectivity index (χ1v) is 8.20. The number of benzene rings is 1. The molecule has 0 saturated carbocycles. The van der Waals surface area contributed by atoms with Gasteiger partial charge in [0.2, 0.25) is 0 Å². The van der Waals surface area contributed by atoms with Gasteiger partial charge in [0.25, 0.3) is 0 Å². The largest absolute Gasteiger partial charge is 0.306 e. The summed E-state index contributed by atoms with van der Waals surface area (Å²) in [5, 5.41) is 4.31. The van der Waals surface area contributed by atoms with Gasteiger partial charge in [-0.3, -0.25) is 0 Å². The van der Waals surface area contributed by atoms with Gasteiger partial charge >= 0.3 is 0 Å². The molecule has 2 rings (SSSR count). The van der Waals surface area contributed by atoms with Gasteiger partial charge in [-0.1, -0.05) is 17.7 Å². The van der Waals surface area contributed by atoms with E-state index in [-0.39, 0.29) is 0 Å². The van der Waals surface area contributed by atoms with E-state index in [2.05, 4.69) is 60.2 Å². The van der Waals surface area contributed by atoms with Gasteiger partial charge in [-0.25, -0.2) is 0 Å². The Morgan fingerprint density at radius 1 is 1.32 bits per heavy atom. The van der Waals surface area contributed by atoms with Crippen LogP contribution in [0.25, 0.3) is 0 Å². The lowest BCUT2D eigenvalue weighted by molar-refractivity contribution is 0.574. The molecule has 0 aliphatic carbocycles. The lowest BCUT2D eigenvalue weighted by atomic mass is 10.1. The third-order valence-electron chi connectivity index (χ3n) is 3.14. The highest BCUT2D eigenvalue weighted by Crippen LogP contribution is 2.27. The van der Waals surface area contributed by atoms with E-state index >= 15 is 0 Å². The number of hydrogen-bond donors (Lipinski definition) is 1. The first-order valence-electron chi connectivity index (χ1n) is 6.21. The molecule has 0 spiro atoms. The molecule has 1 aromatic heterocycles. The maximum atomic E-state index is 6.00. The summed E-state index contributed by atoms with van der Waals surface area (Å²) in [6, 6.07) is 8.68. The third kappa shape index (κ3) is 3.82. The van der Waals surface area contributed by atoms with Gasteiger partial charge in [-0.2, -0.15) is 0 Å². The number of hydrogen-bond acceptors (Lipinski definition) is 2. The summed E-state index contributed by atoms with van der Waals surface area (Å²) in [6.07, 6.45) is 0. The van der Waals surface area contributed by atoms with Crippen molar-refractivity contribution in [1.29, 1.82) is 0 Å². The minimum atomic E-state index is 0.361. The van der Waals surface area contributed by atoms with Gasteiger partial charge < -0.3 is 5.32 Å². The smallest absolute Gasteiger partial charge is 0.0548 e. The van der Waals surface area contributed by atoms with Crippen molar-refractivity contribution in [3.05, 3.63) is 54.6 Å². The van der Waals surface area contributed by atoms with E-state index in [1.54, 1.807) is 0 Å². The van der Waals surface area contributed by atoms with Crippen molar-refractivity contribution in [2.75, 3.05) is 0 Å². The van der Waals surface area contributed by atoms with Crippen LogP contribution >= 0.6 is 38.9 Å². The second kappa shape index (κ2) is 6.40. The molecule has 0 radical (unpaired) electrons. The zero-order chi connectivity index (χ0) is 14.0. The van der Waals surface area contributed by atoms with E-state index in [0.29, 0.717) is 6.04 Å². The van der Waals surface area contributed by atoms with Crippen LogP contribution in [0.15, 0.2) is 28.7 Å². The van der Waals surface area contributed by atoms with Crippen LogP contribution in [0, 0.1) is 13.8 Å². The summed E-state index contributed by atoms with van der Waals surface area (Å²) in [7, 11) is 0. The Labute approximate surface area is 132 Å². The second-order valence-electron chi connectivity index (χ2n) is 4.72. The first kappa shape index (κ1) is 15.0. The molecule has 1 unspecified atom stereocenters. The molecule has 19 heavy (non-hydrogen) atoms. The predicted octanol–water partition coefficient (Wildman–Crippen LogP) is 5.63. The Balaban J connectivity index is 2.02. The molecule has 2 aromatic rings. The van der Waals surface area contributed by atoms with E-state index in [1.165, 1.54) is 20.9 Å². The van der Waals surface area contributed by atoms with Crippen LogP contribution in [0.2, 0.25) is 5.02 Å². The number of rotatable bonds is 4. The fraction of sp³-hybridized carbons (Fsp3) is 0.333. The highest BCUT2D eigenvalue weighted by molar-refractivity contribution is 9.10. The molecule has 1 nitrogen and oxygen atoms in total.